The van der Waals surface area contributed by atoms with E-state index in [-0.39, 0.29) is 0 Å². The number of anilines is 1. The van der Waals surface area contributed by atoms with Gasteiger partial charge in [-0.15, -0.1) is 0 Å². The third kappa shape index (κ3) is 2.21. The van der Waals surface area contributed by atoms with Crippen molar-refractivity contribution in [1.82, 2.24) is 4.31 Å². The molecule has 0 saturated carbocycles. The minimum atomic E-state index is -3.42. The van der Waals surface area contributed by atoms with Gasteiger partial charge in [-0.05, 0) is 47.7 Å². The van der Waals surface area contributed by atoms with E-state index in [2.05, 4.69) is 11.4 Å². The van der Waals surface area contributed by atoms with Crippen LogP contribution in [0.3, 0.4) is 0 Å². The third-order valence-electron chi connectivity index (χ3n) is 4.52. The van der Waals surface area contributed by atoms with Crippen molar-refractivity contribution in [1.29, 1.82) is 0 Å². The van der Waals surface area contributed by atoms with Gasteiger partial charge in [-0.1, -0.05) is 24.3 Å². The van der Waals surface area contributed by atoms with Crippen LogP contribution in [0, 0.1) is 0 Å². The van der Waals surface area contributed by atoms with Gasteiger partial charge in [0.15, 0.2) is 0 Å². The molecule has 0 radical (unpaired) electrons. The summed E-state index contributed by atoms with van der Waals surface area (Å²) in [6.45, 7) is 1.90. The number of hydrogen-bond acceptors (Lipinski definition) is 3. The molecule has 5 heteroatoms. The lowest BCUT2D eigenvalue weighted by atomic mass is 10.0. The van der Waals surface area contributed by atoms with Crippen molar-refractivity contribution in [3.63, 3.8) is 0 Å². The van der Waals surface area contributed by atoms with E-state index in [0.717, 1.165) is 36.2 Å². The monoisotopic (exact) mass is 314 g/mol. The zero-order valence-corrected chi connectivity index (χ0v) is 13.1. The van der Waals surface area contributed by atoms with E-state index in [1.165, 1.54) is 5.56 Å². The Morgan fingerprint density at radius 1 is 0.955 bits per heavy atom. The molecule has 2 aliphatic rings. The van der Waals surface area contributed by atoms with Crippen molar-refractivity contribution in [2.75, 3.05) is 18.4 Å². The number of rotatable bonds is 2. The van der Waals surface area contributed by atoms with Crippen molar-refractivity contribution in [2.24, 2.45) is 0 Å². The van der Waals surface area contributed by atoms with Crippen LogP contribution < -0.4 is 5.32 Å². The average Bonchev–Trinajstić information content (AvgIpc) is 3.02. The summed E-state index contributed by atoms with van der Waals surface area (Å²) in [6, 6.07) is 13.5. The molecular weight excluding hydrogens is 296 g/mol. The van der Waals surface area contributed by atoms with E-state index in [1.807, 2.05) is 30.3 Å². The van der Waals surface area contributed by atoms with Crippen molar-refractivity contribution < 1.29 is 8.42 Å². The number of nitrogens with zero attached hydrogens (tertiary/aromatic N) is 1. The summed E-state index contributed by atoms with van der Waals surface area (Å²) in [4.78, 5) is 0.411. The largest absolute Gasteiger partial charge is 0.384 e. The molecule has 0 bridgehead atoms. The first-order chi connectivity index (χ1) is 10.6. The number of sulfonamides is 1. The summed E-state index contributed by atoms with van der Waals surface area (Å²) in [5, 5.41) is 3.26. The van der Waals surface area contributed by atoms with Gasteiger partial charge in [0.2, 0.25) is 10.0 Å². The third-order valence-corrected chi connectivity index (χ3v) is 6.36. The summed E-state index contributed by atoms with van der Waals surface area (Å²) in [5.74, 6) is 0. The molecule has 0 aliphatic carbocycles. The predicted octanol–water partition coefficient (Wildman–Crippen LogP) is 2.40. The molecule has 4 rings (SSSR count). The molecule has 22 heavy (non-hydrogen) atoms. The SMILES string of the molecule is O=S(=O)(c1ccc2c(c1)CCN2)N1CCc2ccccc2C1. The minimum Gasteiger partial charge on any atom is -0.384 e. The van der Waals surface area contributed by atoms with Crippen molar-refractivity contribution in [2.45, 2.75) is 24.3 Å². The fraction of sp³-hybridized carbons (Fsp3) is 0.294. The summed E-state index contributed by atoms with van der Waals surface area (Å²) in [7, 11) is -3.42. The Labute approximate surface area is 130 Å². The highest BCUT2D eigenvalue weighted by Gasteiger charge is 2.29. The normalized spacial score (nSPS) is 17.6. The van der Waals surface area contributed by atoms with E-state index < -0.39 is 10.0 Å². The van der Waals surface area contributed by atoms with Gasteiger partial charge in [-0.25, -0.2) is 8.42 Å². The van der Waals surface area contributed by atoms with E-state index in [4.69, 9.17) is 0 Å². The van der Waals surface area contributed by atoms with Gasteiger partial charge in [-0.3, -0.25) is 0 Å². The highest BCUT2D eigenvalue weighted by Crippen LogP contribution is 2.29. The number of benzene rings is 2. The molecule has 2 aromatic carbocycles. The molecule has 0 saturated heterocycles. The Kier molecular flexibility index (Phi) is 3.20. The molecule has 1 N–H and O–H groups in total. The lowest BCUT2D eigenvalue weighted by Crippen LogP contribution is -2.35. The number of nitrogens with one attached hydrogen (secondary N) is 1. The second kappa shape index (κ2) is 5.11. The fourth-order valence-corrected chi connectivity index (χ4v) is 4.74. The van der Waals surface area contributed by atoms with Gasteiger partial charge in [0.1, 0.15) is 0 Å². The van der Waals surface area contributed by atoms with E-state index in [1.54, 1.807) is 10.4 Å². The van der Waals surface area contributed by atoms with Crippen molar-refractivity contribution in [3.8, 4) is 0 Å². The number of fused-ring (bicyclic) bond motifs is 2. The topological polar surface area (TPSA) is 49.4 Å². The Bertz CT molecular complexity index is 830. The fourth-order valence-electron chi connectivity index (χ4n) is 3.27. The first-order valence-corrected chi connectivity index (χ1v) is 9.02. The second-order valence-corrected chi connectivity index (χ2v) is 7.79. The van der Waals surface area contributed by atoms with Crippen molar-refractivity contribution >= 4 is 15.7 Å². The van der Waals surface area contributed by atoms with Crippen LogP contribution in [-0.2, 0) is 29.4 Å². The Balaban J connectivity index is 1.67. The maximum Gasteiger partial charge on any atom is 0.243 e. The molecule has 0 spiro atoms. The molecule has 2 aliphatic heterocycles. The molecule has 114 valence electrons. The highest BCUT2D eigenvalue weighted by atomic mass is 32.2. The van der Waals surface area contributed by atoms with Crippen LogP contribution in [0.5, 0.6) is 0 Å². The maximum atomic E-state index is 12.9. The summed E-state index contributed by atoms with van der Waals surface area (Å²) >= 11 is 0. The quantitative estimate of drug-likeness (QED) is 0.926. The van der Waals surface area contributed by atoms with Crippen LogP contribution in [0.1, 0.15) is 16.7 Å². The van der Waals surface area contributed by atoms with Gasteiger partial charge in [0.25, 0.3) is 0 Å². The standard InChI is InChI=1S/C17H18N2O2S/c20-22(21,16-5-6-17-14(11-16)7-9-18-17)19-10-8-13-3-1-2-4-15(13)12-19/h1-6,11,18H,7-10,12H2. The molecule has 0 aromatic heterocycles. The molecule has 0 amide bonds. The predicted molar refractivity (Wildman–Crippen MR) is 86.4 cm³/mol. The highest BCUT2D eigenvalue weighted by molar-refractivity contribution is 7.89. The van der Waals surface area contributed by atoms with Crippen molar-refractivity contribution in [3.05, 3.63) is 59.2 Å². The smallest absolute Gasteiger partial charge is 0.243 e. The van der Waals surface area contributed by atoms with E-state index in [9.17, 15) is 8.42 Å². The van der Waals surface area contributed by atoms with Crippen LogP contribution in [0.2, 0.25) is 0 Å². The van der Waals surface area contributed by atoms with E-state index in [0.29, 0.717) is 18.0 Å². The average molecular weight is 314 g/mol. The first kappa shape index (κ1) is 13.8. The number of hydrogen-bond donors (Lipinski definition) is 1. The lowest BCUT2D eigenvalue weighted by molar-refractivity contribution is 0.391. The summed E-state index contributed by atoms with van der Waals surface area (Å²) in [5.41, 5.74) is 4.52. The van der Waals surface area contributed by atoms with Gasteiger partial charge in [-0.2, -0.15) is 4.31 Å². The Hall–Kier alpha value is -1.85. The van der Waals surface area contributed by atoms with Gasteiger partial charge in [0.05, 0.1) is 4.90 Å². The molecule has 0 atom stereocenters. The van der Waals surface area contributed by atoms with Crippen LogP contribution in [0.25, 0.3) is 0 Å². The molecule has 0 fully saturated rings. The van der Waals surface area contributed by atoms with Crippen LogP contribution in [-0.4, -0.2) is 25.8 Å². The molecule has 2 heterocycles. The Morgan fingerprint density at radius 3 is 2.64 bits per heavy atom. The van der Waals surface area contributed by atoms with Crippen LogP contribution in [0.4, 0.5) is 5.69 Å². The van der Waals surface area contributed by atoms with Crippen LogP contribution >= 0.6 is 0 Å². The minimum absolute atomic E-state index is 0.411. The molecule has 0 unspecified atom stereocenters. The van der Waals surface area contributed by atoms with Gasteiger partial charge >= 0.3 is 0 Å². The van der Waals surface area contributed by atoms with Gasteiger partial charge in [0, 0.05) is 25.3 Å². The molecule has 2 aromatic rings. The Morgan fingerprint density at radius 2 is 1.77 bits per heavy atom. The van der Waals surface area contributed by atoms with Crippen LogP contribution in [0.15, 0.2) is 47.4 Å². The maximum absolute atomic E-state index is 12.9. The zero-order chi connectivity index (χ0) is 15.2. The summed E-state index contributed by atoms with van der Waals surface area (Å²) < 4.78 is 27.4. The second-order valence-electron chi connectivity index (χ2n) is 5.85. The molecule has 4 nitrogen and oxygen atoms in total. The zero-order valence-electron chi connectivity index (χ0n) is 12.2. The summed E-state index contributed by atoms with van der Waals surface area (Å²) in [6.07, 6.45) is 1.67. The lowest BCUT2D eigenvalue weighted by Gasteiger charge is -2.28. The first-order valence-electron chi connectivity index (χ1n) is 7.58. The van der Waals surface area contributed by atoms with E-state index >= 15 is 0 Å². The van der Waals surface area contributed by atoms with Gasteiger partial charge < -0.3 is 5.32 Å². The molecular formula is C17H18N2O2S.